The molecule has 0 N–H and O–H groups in total. The van der Waals surface area contributed by atoms with Crippen molar-refractivity contribution in [3.63, 3.8) is 0 Å². The summed E-state index contributed by atoms with van der Waals surface area (Å²) in [4.78, 5) is 14.7. The van der Waals surface area contributed by atoms with Crippen LogP contribution in [0.2, 0.25) is 0 Å². The third-order valence-corrected chi connectivity index (χ3v) is 5.40. The lowest BCUT2D eigenvalue weighted by Crippen LogP contribution is -2.31. The van der Waals surface area contributed by atoms with Gasteiger partial charge in [-0.3, -0.25) is 4.79 Å². The van der Waals surface area contributed by atoms with Crippen LogP contribution >= 0.6 is 0 Å². The summed E-state index contributed by atoms with van der Waals surface area (Å²) >= 11 is 0. The Bertz CT molecular complexity index is 939. The molecular weight excluding hydrogens is 434 g/mol. The van der Waals surface area contributed by atoms with Crippen LogP contribution in [0.4, 0.5) is 0 Å². The van der Waals surface area contributed by atoms with Gasteiger partial charge in [0.1, 0.15) is 0 Å². The quantitative estimate of drug-likeness (QED) is 0.334. The molecule has 2 aromatic rings. The third-order valence-electron chi connectivity index (χ3n) is 5.40. The molecule has 1 saturated heterocycles. The molecule has 2 aromatic carbocycles. The number of ether oxygens (including phenoxy) is 2. The fourth-order valence-corrected chi connectivity index (χ4v) is 3.62. The van der Waals surface area contributed by atoms with Crippen molar-refractivity contribution in [2.75, 3.05) is 13.1 Å². The average Bonchev–Trinajstić information content (AvgIpc) is 3.15. The highest BCUT2D eigenvalue weighted by Crippen LogP contribution is 2.41. The standard InChI is InChI=1S/C21H23NO3.C6H10.C2H6.C2H2/c1-15-6-8-16(9-7-15)21-24-18-11-10-17(14-19(18)25-21)20(23)22-12-4-2-3-5-13-22;1-3-5-6-4-2;2*1-2/h6-11,14,21H,2-5,12-13H2,1H3;3-6H,1-2H3;1-2H3;1-2H/b;5-3-,6-4-;;. The molecule has 4 nitrogen and oxygen atoms in total. The second-order valence-corrected chi connectivity index (χ2v) is 7.90. The SMILES string of the molecule is C#C.C/C=C\C=C/C.CC.Cc1ccc(C2Oc3ccc(C(=O)N4CCCCCC4)cc3O2)cc1. The van der Waals surface area contributed by atoms with Crippen LogP contribution in [-0.4, -0.2) is 23.9 Å². The molecule has 1 atom stereocenters. The Morgan fingerprint density at radius 3 is 1.94 bits per heavy atom. The maximum Gasteiger partial charge on any atom is 0.267 e. The molecule has 1 fully saturated rings. The number of rotatable bonds is 3. The van der Waals surface area contributed by atoms with Crippen molar-refractivity contribution in [1.29, 1.82) is 0 Å². The lowest BCUT2D eigenvalue weighted by molar-refractivity contribution is 0.0486. The van der Waals surface area contributed by atoms with Gasteiger partial charge in [-0.05, 0) is 51.8 Å². The van der Waals surface area contributed by atoms with Gasteiger partial charge in [0.15, 0.2) is 11.5 Å². The zero-order valence-corrected chi connectivity index (χ0v) is 22.0. The minimum absolute atomic E-state index is 0.0899. The van der Waals surface area contributed by atoms with Crippen molar-refractivity contribution < 1.29 is 14.3 Å². The minimum atomic E-state index is -0.445. The number of carbonyl (C=O) groups is 1. The summed E-state index contributed by atoms with van der Waals surface area (Å²) < 4.78 is 11.8. The summed E-state index contributed by atoms with van der Waals surface area (Å²) in [5.74, 6) is 1.43. The zero-order chi connectivity index (χ0) is 26.1. The van der Waals surface area contributed by atoms with E-state index >= 15 is 0 Å². The van der Waals surface area contributed by atoms with E-state index in [1.807, 2.05) is 99.4 Å². The number of nitrogens with zero attached hydrogens (tertiary/aromatic N) is 1. The van der Waals surface area contributed by atoms with Crippen molar-refractivity contribution in [1.82, 2.24) is 4.90 Å². The molecule has 2 aliphatic rings. The molecule has 0 aromatic heterocycles. The number of fused-ring (bicyclic) bond motifs is 1. The summed E-state index contributed by atoms with van der Waals surface area (Å²) in [6.45, 7) is 11.7. The van der Waals surface area contributed by atoms with Crippen molar-refractivity contribution in [3.8, 4) is 24.3 Å². The first-order valence-electron chi connectivity index (χ1n) is 12.5. The molecule has 0 radical (unpaired) electrons. The van der Waals surface area contributed by atoms with Gasteiger partial charge in [0, 0.05) is 24.2 Å². The molecule has 188 valence electrons. The summed E-state index contributed by atoms with van der Waals surface area (Å²) in [5.41, 5.74) is 2.85. The fourth-order valence-electron chi connectivity index (χ4n) is 3.62. The van der Waals surface area contributed by atoms with Gasteiger partial charge in [-0.2, -0.15) is 0 Å². The van der Waals surface area contributed by atoms with Crippen LogP contribution in [0.15, 0.2) is 66.8 Å². The van der Waals surface area contributed by atoms with Crippen molar-refractivity contribution in [2.24, 2.45) is 0 Å². The summed E-state index contributed by atoms with van der Waals surface area (Å²) in [6, 6.07) is 13.6. The van der Waals surface area contributed by atoms with Crippen LogP contribution in [0.25, 0.3) is 0 Å². The molecule has 2 aliphatic heterocycles. The van der Waals surface area contributed by atoms with Crippen LogP contribution in [0.5, 0.6) is 11.5 Å². The number of allylic oxidation sites excluding steroid dienone is 4. The molecule has 2 heterocycles. The van der Waals surface area contributed by atoms with Crippen molar-refractivity contribution in [2.45, 2.75) is 66.6 Å². The predicted molar refractivity (Wildman–Crippen MR) is 147 cm³/mol. The zero-order valence-electron chi connectivity index (χ0n) is 22.0. The van der Waals surface area contributed by atoms with Crippen LogP contribution in [0.1, 0.15) is 81.2 Å². The van der Waals surface area contributed by atoms with Gasteiger partial charge in [-0.25, -0.2) is 0 Å². The van der Waals surface area contributed by atoms with Crippen LogP contribution in [0.3, 0.4) is 0 Å². The maximum absolute atomic E-state index is 12.8. The van der Waals surface area contributed by atoms with E-state index in [0.29, 0.717) is 17.1 Å². The van der Waals surface area contributed by atoms with Gasteiger partial charge < -0.3 is 14.4 Å². The van der Waals surface area contributed by atoms with Crippen LogP contribution in [-0.2, 0) is 0 Å². The minimum Gasteiger partial charge on any atom is -0.447 e. The monoisotopic (exact) mass is 475 g/mol. The number of carbonyl (C=O) groups excluding carboxylic acids is 1. The summed E-state index contributed by atoms with van der Waals surface area (Å²) in [5, 5.41) is 0. The highest BCUT2D eigenvalue weighted by Gasteiger charge is 2.27. The molecule has 0 saturated carbocycles. The average molecular weight is 476 g/mol. The number of benzene rings is 2. The molecule has 0 spiro atoms. The van der Waals surface area contributed by atoms with Gasteiger partial charge in [0.25, 0.3) is 12.2 Å². The Morgan fingerprint density at radius 2 is 1.40 bits per heavy atom. The third kappa shape index (κ3) is 9.37. The molecule has 4 heteroatoms. The predicted octanol–water partition coefficient (Wildman–Crippen LogP) is 7.90. The van der Waals surface area contributed by atoms with E-state index in [2.05, 4.69) is 19.8 Å². The van der Waals surface area contributed by atoms with Crippen molar-refractivity contribution in [3.05, 3.63) is 83.5 Å². The first-order chi connectivity index (χ1) is 17.1. The van der Waals surface area contributed by atoms with E-state index in [1.54, 1.807) is 0 Å². The molecule has 1 amide bonds. The van der Waals surface area contributed by atoms with Gasteiger partial charge >= 0.3 is 0 Å². The first-order valence-corrected chi connectivity index (χ1v) is 12.5. The Hall–Kier alpha value is -3.45. The van der Waals surface area contributed by atoms with Gasteiger partial charge in [-0.1, -0.05) is 80.8 Å². The highest BCUT2D eigenvalue weighted by atomic mass is 16.7. The van der Waals surface area contributed by atoms with Gasteiger partial charge in [0.2, 0.25) is 0 Å². The number of hydrogen-bond donors (Lipinski definition) is 0. The Kier molecular flexibility index (Phi) is 14.4. The topological polar surface area (TPSA) is 38.8 Å². The van der Waals surface area contributed by atoms with Gasteiger partial charge in [-0.15, -0.1) is 12.8 Å². The van der Waals surface area contributed by atoms with E-state index in [9.17, 15) is 4.79 Å². The maximum atomic E-state index is 12.8. The van der Waals surface area contributed by atoms with E-state index in [-0.39, 0.29) is 5.91 Å². The second kappa shape index (κ2) is 17.1. The molecule has 4 rings (SSSR count). The van der Waals surface area contributed by atoms with Crippen molar-refractivity contribution >= 4 is 5.91 Å². The Balaban J connectivity index is 0.000000531. The van der Waals surface area contributed by atoms with E-state index in [0.717, 1.165) is 31.5 Å². The highest BCUT2D eigenvalue weighted by molar-refractivity contribution is 5.95. The summed E-state index contributed by atoms with van der Waals surface area (Å²) in [7, 11) is 0. The molecule has 0 aliphatic carbocycles. The smallest absolute Gasteiger partial charge is 0.267 e. The number of amides is 1. The number of aryl methyl sites for hydroxylation is 1. The second-order valence-electron chi connectivity index (χ2n) is 7.90. The van der Waals surface area contributed by atoms with E-state index in [4.69, 9.17) is 9.47 Å². The number of hydrogen-bond acceptors (Lipinski definition) is 3. The molecule has 1 unspecified atom stereocenters. The van der Waals surface area contributed by atoms with Crippen LogP contribution in [0, 0.1) is 19.8 Å². The lowest BCUT2D eigenvalue weighted by Gasteiger charge is -2.20. The fraction of sp³-hybridized carbons (Fsp3) is 0.387. The van der Waals surface area contributed by atoms with Gasteiger partial charge in [0.05, 0.1) is 0 Å². The number of terminal acetylenes is 1. The molecule has 0 bridgehead atoms. The summed E-state index contributed by atoms with van der Waals surface area (Å²) in [6.07, 6.45) is 20.2. The molecular formula is C31H41NO3. The lowest BCUT2D eigenvalue weighted by atomic mass is 10.1. The van der Waals surface area contributed by atoms with E-state index in [1.165, 1.54) is 18.4 Å². The Labute approximate surface area is 212 Å². The van der Waals surface area contributed by atoms with E-state index < -0.39 is 6.29 Å². The molecule has 35 heavy (non-hydrogen) atoms. The first kappa shape index (κ1) is 29.6. The van der Waals surface area contributed by atoms with Crippen LogP contribution < -0.4 is 9.47 Å². The number of likely N-dealkylation sites (tertiary alicyclic amines) is 1. The Morgan fingerprint density at radius 1 is 0.857 bits per heavy atom. The largest absolute Gasteiger partial charge is 0.447 e. The normalized spacial score (nSPS) is 16.2.